The van der Waals surface area contributed by atoms with Crippen molar-refractivity contribution in [2.45, 2.75) is 39.2 Å². The Kier molecular flexibility index (Phi) is 34.1. The first-order valence-corrected chi connectivity index (χ1v) is 6.63. The molecule has 3 nitrogen and oxygen atoms in total. The van der Waals surface area contributed by atoms with Crippen LogP contribution in [0.5, 0.6) is 0 Å². The molecule has 1 rings (SSSR count). The molecule has 1 aliphatic carbocycles. The van der Waals surface area contributed by atoms with Crippen LogP contribution in [0.1, 0.15) is 33.1 Å². The smallest absolute Gasteiger partial charge is 0.668 e. The first kappa shape index (κ1) is 28.3. The molecule has 20 heavy (non-hydrogen) atoms. The number of hydrogen-bond donors (Lipinski definition) is 0. The zero-order valence-corrected chi connectivity index (χ0v) is 16.0. The molecule has 4 heteroatoms. The van der Waals surface area contributed by atoms with Gasteiger partial charge in [-0.2, -0.15) is 28.2 Å². The second-order valence-electron chi connectivity index (χ2n) is 4.27. The Morgan fingerprint density at radius 3 is 2.00 bits per heavy atom. The molecule has 1 atom stereocenters. The van der Waals surface area contributed by atoms with Crippen LogP contribution in [0, 0.1) is 7.43 Å². The Hall–Kier alpha value is 0.0743. The summed E-state index contributed by atoms with van der Waals surface area (Å²) in [7, 11) is 7.00. The van der Waals surface area contributed by atoms with Crippen LogP contribution in [0.2, 0.25) is 0 Å². The third kappa shape index (κ3) is 23.2. The molecule has 1 aliphatic rings. The summed E-state index contributed by atoms with van der Waals surface area (Å²) in [5.41, 5.74) is 1.53. The van der Waals surface area contributed by atoms with Gasteiger partial charge in [0.1, 0.15) is 0 Å². The van der Waals surface area contributed by atoms with Gasteiger partial charge in [0.25, 0.3) is 0 Å². The summed E-state index contributed by atoms with van der Waals surface area (Å²) in [6, 6.07) is 0.542. The summed E-state index contributed by atoms with van der Waals surface area (Å²) in [6.45, 7) is 5.37. The van der Waals surface area contributed by atoms with Crippen molar-refractivity contribution < 1.29 is 21.7 Å². The van der Waals surface area contributed by atoms with E-state index in [9.17, 15) is 0 Å². The molecule has 0 saturated heterocycles. The van der Waals surface area contributed by atoms with E-state index in [1.807, 2.05) is 0 Å². The minimum Gasteiger partial charge on any atom is -0.668 e. The SMILES string of the molecule is CCC(C)[N-]CCC1=CC=CC1.C[N-]C.C[N-]C.[CH3-].[Ti+4]. The van der Waals surface area contributed by atoms with Crippen LogP contribution in [-0.4, -0.2) is 40.8 Å². The normalized spacial score (nSPS) is 12.6. The maximum absolute atomic E-state index is 4.54. The van der Waals surface area contributed by atoms with Gasteiger partial charge in [-0.3, -0.25) is 0 Å². The van der Waals surface area contributed by atoms with Crippen molar-refractivity contribution in [2.75, 3.05) is 34.7 Å². The summed E-state index contributed by atoms with van der Waals surface area (Å²) in [5.74, 6) is 0. The van der Waals surface area contributed by atoms with Crippen LogP contribution < -0.4 is 0 Å². The summed E-state index contributed by atoms with van der Waals surface area (Å²) >= 11 is 0. The molecule has 0 aromatic heterocycles. The van der Waals surface area contributed by atoms with E-state index >= 15 is 0 Å². The van der Waals surface area contributed by atoms with Crippen molar-refractivity contribution in [3.63, 3.8) is 0 Å². The van der Waals surface area contributed by atoms with E-state index in [0.29, 0.717) is 6.04 Å². The molecule has 0 bridgehead atoms. The minimum atomic E-state index is 0. The van der Waals surface area contributed by atoms with Gasteiger partial charge in [-0.15, -0.1) is 12.6 Å². The van der Waals surface area contributed by atoms with E-state index in [0.717, 1.165) is 25.8 Å². The van der Waals surface area contributed by atoms with Crippen LogP contribution in [0.3, 0.4) is 0 Å². The first-order chi connectivity index (χ1) is 8.65. The van der Waals surface area contributed by atoms with Crippen LogP contribution in [0.15, 0.2) is 23.8 Å². The predicted molar refractivity (Wildman–Crippen MR) is 91.3 cm³/mol. The molecule has 0 saturated carbocycles. The summed E-state index contributed by atoms with van der Waals surface area (Å²) in [5, 5.41) is 11.5. The topological polar surface area (TPSA) is 42.3 Å². The van der Waals surface area contributed by atoms with Gasteiger partial charge < -0.3 is 23.4 Å². The fourth-order valence-corrected chi connectivity index (χ4v) is 1.23. The Balaban J connectivity index is -0.000000139. The molecule has 0 heterocycles. The van der Waals surface area contributed by atoms with Gasteiger partial charge in [0, 0.05) is 0 Å². The van der Waals surface area contributed by atoms with Crippen LogP contribution in [0.25, 0.3) is 16.0 Å². The molecule has 0 radical (unpaired) electrons. The third-order valence-electron chi connectivity index (χ3n) is 2.31. The van der Waals surface area contributed by atoms with Crippen molar-refractivity contribution in [1.29, 1.82) is 0 Å². The van der Waals surface area contributed by atoms with E-state index in [4.69, 9.17) is 0 Å². The van der Waals surface area contributed by atoms with E-state index < -0.39 is 0 Å². The molecule has 116 valence electrons. The van der Waals surface area contributed by atoms with Crippen molar-refractivity contribution in [2.24, 2.45) is 0 Å². The van der Waals surface area contributed by atoms with Crippen molar-refractivity contribution in [3.05, 3.63) is 47.2 Å². The quantitative estimate of drug-likeness (QED) is 0.499. The van der Waals surface area contributed by atoms with E-state index in [-0.39, 0.29) is 29.1 Å². The Labute approximate surface area is 143 Å². The van der Waals surface area contributed by atoms with Crippen LogP contribution in [0.4, 0.5) is 0 Å². The van der Waals surface area contributed by atoms with Crippen molar-refractivity contribution in [1.82, 2.24) is 0 Å². The number of allylic oxidation sites excluding steroid dienone is 3. The molecule has 0 fully saturated rings. The molecule has 0 spiro atoms. The minimum absolute atomic E-state index is 0. The molecular formula is C16H33N3Ti. The number of hydrogen-bond acceptors (Lipinski definition) is 0. The predicted octanol–water partition coefficient (Wildman–Crippen LogP) is 5.12. The zero-order chi connectivity index (χ0) is 14.2. The Morgan fingerprint density at radius 2 is 1.65 bits per heavy atom. The van der Waals surface area contributed by atoms with E-state index in [2.05, 4.69) is 48.0 Å². The molecule has 1 unspecified atom stereocenters. The summed E-state index contributed by atoms with van der Waals surface area (Å²) in [6.07, 6.45) is 10.0. The van der Waals surface area contributed by atoms with Crippen LogP contribution in [-0.2, 0) is 21.7 Å². The summed E-state index contributed by atoms with van der Waals surface area (Å²) in [4.78, 5) is 0. The van der Waals surface area contributed by atoms with Gasteiger partial charge in [-0.1, -0.05) is 50.5 Å². The molecule has 0 aromatic carbocycles. The van der Waals surface area contributed by atoms with Gasteiger partial charge in [0.2, 0.25) is 0 Å². The van der Waals surface area contributed by atoms with E-state index in [1.54, 1.807) is 28.2 Å². The van der Waals surface area contributed by atoms with Gasteiger partial charge in [-0.25, -0.2) is 0 Å². The number of rotatable bonds is 5. The van der Waals surface area contributed by atoms with Gasteiger partial charge in [-0.05, 0) is 6.42 Å². The second kappa shape index (κ2) is 24.1. The molecule has 0 aromatic rings. The monoisotopic (exact) mass is 315 g/mol. The average molecular weight is 315 g/mol. The second-order valence-corrected chi connectivity index (χ2v) is 4.27. The van der Waals surface area contributed by atoms with Crippen molar-refractivity contribution in [3.8, 4) is 0 Å². The van der Waals surface area contributed by atoms with E-state index in [1.165, 1.54) is 5.57 Å². The Morgan fingerprint density at radius 1 is 1.15 bits per heavy atom. The summed E-state index contributed by atoms with van der Waals surface area (Å²) < 4.78 is 0. The Bertz CT molecular complexity index is 214. The van der Waals surface area contributed by atoms with Gasteiger partial charge in [0.15, 0.2) is 0 Å². The third-order valence-corrected chi connectivity index (χ3v) is 2.31. The molecule has 0 N–H and O–H groups in total. The maximum atomic E-state index is 4.54. The fourth-order valence-electron chi connectivity index (χ4n) is 1.23. The standard InChI is InChI=1S/C11H18N.2C2H6N.CH3.Ti/c1-3-10(2)12-9-8-11-6-4-5-7-11;2*1-3-2;;/h4-6,10H,3,7-9H2,1-2H3;2*1-2H3;1H3;/q4*-1;+4. The number of nitrogens with zero attached hydrogens (tertiary/aromatic N) is 3. The zero-order valence-electron chi connectivity index (χ0n) is 14.5. The average Bonchev–Trinajstić information content (AvgIpc) is 2.84. The molecule has 0 amide bonds. The first-order valence-electron chi connectivity index (χ1n) is 6.63. The fraction of sp³-hybridized carbons (Fsp3) is 0.688. The molecular weight excluding hydrogens is 282 g/mol. The van der Waals surface area contributed by atoms with Crippen molar-refractivity contribution >= 4 is 0 Å². The maximum Gasteiger partial charge on any atom is 4.00 e. The van der Waals surface area contributed by atoms with Gasteiger partial charge >= 0.3 is 21.7 Å². The largest absolute Gasteiger partial charge is 4.00 e. The van der Waals surface area contributed by atoms with Gasteiger partial charge in [0.05, 0.1) is 0 Å². The van der Waals surface area contributed by atoms with Crippen LogP contribution >= 0.6 is 0 Å². The molecule has 0 aliphatic heterocycles.